The Morgan fingerprint density at radius 3 is 2.00 bits per heavy atom. The van der Waals surface area contributed by atoms with Crippen molar-refractivity contribution in [2.45, 2.75) is 6.92 Å². The summed E-state index contributed by atoms with van der Waals surface area (Å²) in [5, 5.41) is 0. The minimum atomic E-state index is 0.295. The van der Waals surface area contributed by atoms with Crippen molar-refractivity contribution in [2.24, 2.45) is 11.7 Å². The maximum atomic E-state index is 5.65. The number of methoxy groups -OCH3 is 3. The number of benzene rings is 1. The van der Waals surface area contributed by atoms with E-state index in [9.17, 15) is 0 Å². The third-order valence-electron chi connectivity index (χ3n) is 2.58. The van der Waals surface area contributed by atoms with Gasteiger partial charge in [-0.1, -0.05) is 6.92 Å². The fourth-order valence-corrected chi connectivity index (χ4v) is 1.45. The van der Waals surface area contributed by atoms with E-state index in [-0.39, 0.29) is 0 Å². The lowest BCUT2D eigenvalue weighted by atomic mass is 10.2. The summed E-state index contributed by atoms with van der Waals surface area (Å²) >= 11 is 0. The van der Waals surface area contributed by atoms with E-state index in [1.807, 2.05) is 6.92 Å². The Kier molecular flexibility index (Phi) is 5.58. The van der Waals surface area contributed by atoms with Crippen LogP contribution in [0.25, 0.3) is 0 Å². The van der Waals surface area contributed by atoms with E-state index in [1.54, 1.807) is 33.5 Å². The van der Waals surface area contributed by atoms with E-state index in [0.29, 0.717) is 42.1 Å². The molecule has 0 aliphatic carbocycles. The first-order chi connectivity index (χ1) is 8.65. The second-order valence-electron chi connectivity index (χ2n) is 4.01. The quantitative estimate of drug-likeness (QED) is 0.803. The molecule has 0 saturated heterocycles. The van der Waals surface area contributed by atoms with Crippen molar-refractivity contribution in [1.82, 2.24) is 0 Å². The number of nitrogens with two attached hydrogens (primary N) is 1. The Labute approximate surface area is 108 Å². The zero-order valence-electron chi connectivity index (χ0n) is 11.4. The van der Waals surface area contributed by atoms with Gasteiger partial charge in [0.15, 0.2) is 11.5 Å². The van der Waals surface area contributed by atoms with E-state index >= 15 is 0 Å². The second kappa shape index (κ2) is 6.96. The molecule has 0 aliphatic heterocycles. The number of ether oxygens (including phenoxy) is 4. The van der Waals surface area contributed by atoms with Gasteiger partial charge in [-0.3, -0.25) is 0 Å². The Morgan fingerprint density at radius 2 is 1.61 bits per heavy atom. The molecule has 5 heteroatoms. The van der Waals surface area contributed by atoms with Gasteiger partial charge >= 0.3 is 0 Å². The Bertz CT molecular complexity index is 356. The van der Waals surface area contributed by atoms with Gasteiger partial charge < -0.3 is 24.7 Å². The summed E-state index contributed by atoms with van der Waals surface area (Å²) in [4.78, 5) is 0. The largest absolute Gasteiger partial charge is 0.493 e. The fourth-order valence-electron chi connectivity index (χ4n) is 1.45. The van der Waals surface area contributed by atoms with Crippen LogP contribution >= 0.6 is 0 Å². The van der Waals surface area contributed by atoms with Crippen molar-refractivity contribution in [2.75, 3.05) is 34.5 Å². The van der Waals surface area contributed by atoms with Crippen LogP contribution in [-0.4, -0.2) is 34.5 Å². The Balaban J connectivity index is 2.93. The summed E-state index contributed by atoms with van der Waals surface area (Å²) in [6, 6.07) is 3.54. The lowest BCUT2D eigenvalue weighted by Crippen LogP contribution is -2.18. The number of rotatable bonds is 7. The molecule has 1 atom stereocenters. The van der Waals surface area contributed by atoms with Crippen LogP contribution in [0.2, 0.25) is 0 Å². The first-order valence-electron chi connectivity index (χ1n) is 5.79. The Morgan fingerprint density at radius 1 is 1.06 bits per heavy atom. The standard InChI is InChI=1S/C13H21NO4/c1-9(7-14)8-18-10-5-11(15-2)13(17-4)12(6-10)16-3/h5-6,9H,7-8,14H2,1-4H3. The van der Waals surface area contributed by atoms with Gasteiger partial charge in [-0.05, 0) is 6.54 Å². The van der Waals surface area contributed by atoms with Crippen molar-refractivity contribution in [3.63, 3.8) is 0 Å². The third kappa shape index (κ3) is 3.43. The SMILES string of the molecule is COc1cc(OCC(C)CN)cc(OC)c1OC. The molecular formula is C13H21NO4. The first-order valence-corrected chi connectivity index (χ1v) is 5.79. The molecule has 2 N–H and O–H groups in total. The van der Waals surface area contributed by atoms with Crippen LogP contribution in [0.5, 0.6) is 23.0 Å². The molecule has 0 fully saturated rings. The summed E-state index contributed by atoms with van der Waals surface area (Å²) < 4.78 is 21.4. The molecule has 0 saturated carbocycles. The highest BCUT2D eigenvalue weighted by atomic mass is 16.5. The van der Waals surface area contributed by atoms with Crippen LogP contribution in [0.1, 0.15) is 6.92 Å². The monoisotopic (exact) mass is 255 g/mol. The molecule has 0 bridgehead atoms. The van der Waals surface area contributed by atoms with E-state index < -0.39 is 0 Å². The molecular weight excluding hydrogens is 234 g/mol. The van der Waals surface area contributed by atoms with Gasteiger partial charge in [0.1, 0.15) is 5.75 Å². The van der Waals surface area contributed by atoms with Gasteiger partial charge in [-0.2, -0.15) is 0 Å². The van der Waals surface area contributed by atoms with Crippen molar-refractivity contribution in [3.8, 4) is 23.0 Å². The van der Waals surface area contributed by atoms with Gasteiger partial charge in [0, 0.05) is 18.1 Å². The van der Waals surface area contributed by atoms with E-state index in [1.165, 1.54) is 0 Å². The second-order valence-corrected chi connectivity index (χ2v) is 4.01. The molecule has 1 rings (SSSR count). The minimum Gasteiger partial charge on any atom is -0.493 e. The molecule has 0 aliphatic rings. The maximum absolute atomic E-state index is 5.65. The molecule has 0 heterocycles. The molecule has 0 radical (unpaired) electrons. The average molecular weight is 255 g/mol. The third-order valence-corrected chi connectivity index (χ3v) is 2.58. The molecule has 102 valence electrons. The van der Waals surface area contributed by atoms with Crippen LogP contribution < -0.4 is 24.7 Å². The first kappa shape index (κ1) is 14.4. The molecule has 0 amide bonds. The highest BCUT2D eigenvalue weighted by molar-refractivity contribution is 5.55. The van der Waals surface area contributed by atoms with Gasteiger partial charge in [0.25, 0.3) is 0 Å². The summed E-state index contributed by atoms with van der Waals surface area (Å²) in [5.41, 5.74) is 5.54. The number of hydrogen-bond acceptors (Lipinski definition) is 5. The predicted octanol–water partition coefficient (Wildman–Crippen LogP) is 1.69. The van der Waals surface area contributed by atoms with Crippen molar-refractivity contribution >= 4 is 0 Å². The van der Waals surface area contributed by atoms with Crippen molar-refractivity contribution in [3.05, 3.63) is 12.1 Å². The van der Waals surface area contributed by atoms with Crippen molar-refractivity contribution < 1.29 is 18.9 Å². The molecule has 1 aromatic rings. The van der Waals surface area contributed by atoms with Crippen LogP contribution in [0.3, 0.4) is 0 Å². The van der Waals surface area contributed by atoms with Gasteiger partial charge in [0.2, 0.25) is 5.75 Å². The lowest BCUT2D eigenvalue weighted by Gasteiger charge is -2.16. The van der Waals surface area contributed by atoms with Crippen LogP contribution in [0, 0.1) is 5.92 Å². The van der Waals surface area contributed by atoms with Gasteiger partial charge in [-0.15, -0.1) is 0 Å². The molecule has 1 unspecified atom stereocenters. The minimum absolute atomic E-state index is 0.295. The highest BCUT2D eigenvalue weighted by Crippen LogP contribution is 2.40. The van der Waals surface area contributed by atoms with Crippen LogP contribution in [-0.2, 0) is 0 Å². The zero-order valence-corrected chi connectivity index (χ0v) is 11.4. The van der Waals surface area contributed by atoms with Crippen LogP contribution in [0.15, 0.2) is 12.1 Å². The predicted molar refractivity (Wildman–Crippen MR) is 69.8 cm³/mol. The van der Waals surface area contributed by atoms with Crippen molar-refractivity contribution in [1.29, 1.82) is 0 Å². The molecule has 18 heavy (non-hydrogen) atoms. The van der Waals surface area contributed by atoms with E-state index in [0.717, 1.165) is 0 Å². The summed E-state index contributed by atoms with van der Waals surface area (Å²) in [7, 11) is 4.71. The van der Waals surface area contributed by atoms with Gasteiger partial charge in [0.05, 0.1) is 27.9 Å². The summed E-state index contributed by atoms with van der Waals surface area (Å²) in [6.45, 7) is 3.16. The average Bonchev–Trinajstić information content (AvgIpc) is 2.43. The van der Waals surface area contributed by atoms with E-state index in [4.69, 9.17) is 24.7 Å². The summed E-state index contributed by atoms with van der Waals surface area (Å²) in [5.74, 6) is 2.67. The highest BCUT2D eigenvalue weighted by Gasteiger charge is 2.14. The lowest BCUT2D eigenvalue weighted by molar-refractivity contribution is 0.258. The van der Waals surface area contributed by atoms with Gasteiger partial charge in [-0.25, -0.2) is 0 Å². The Hall–Kier alpha value is -1.62. The molecule has 5 nitrogen and oxygen atoms in total. The molecule has 0 spiro atoms. The number of hydrogen-bond donors (Lipinski definition) is 1. The zero-order chi connectivity index (χ0) is 13.5. The molecule has 1 aromatic carbocycles. The molecule has 0 aromatic heterocycles. The van der Waals surface area contributed by atoms with E-state index in [2.05, 4.69) is 0 Å². The smallest absolute Gasteiger partial charge is 0.203 e. The normalized spacial score (nSPS) is 11.8. The van der Waals surface area contributed by atoms with Crippen LogP contribution in [0.4, 0.5) is 0 Å². The topological polar surface area (TPSA) is 62.9 Å². The maximum Gasteiger partial charge on any atom is 0.203 e. The fraction of sp³-hybridized carbons (Fsp3) is 0.538. The summed E-state index contributed by atoms with van der Waals surface area (Å²) in [6.07, 6.45) is 0.